The summed E-state index contributed by atoms with van der Waals surface area (Å²) in [5.41, 5.74) is 0.0319. The van der Waals surface area contributed by atoms with Gasteiger partial charge in [-0.15, -0.1) is 0 Å². The average molecular weight is 370 g/mol. The molecular formula is C17H17F3N2O2S. The SMILES string of the molecule is CN1CCN(S(=O)(=O)c2ccccc2C(F)(F)F)c2ccccc2C1. The molecule has 0 saturated heterocycles. The van der Waals surface area contributed by atoms with Gasteiger partial charge in [0.05, 0.1) is 16.1 Å². The van der Waals surface area contributed by atoms with Crippen LogP contribution in [-0.2, 0) is 22.7 Å². The van der Waals surface area contributed by atoms with Gasteiger partial charge >= 0.3 is 6.18 Å². The molecule has 0 unspecified atom stereocenters. The maximum Gasteiger partial charge on any atom is 0.417 e. The van der Waals surface area contributed by atoms with Gasteiger partial charge in [-0.25, -0.2) is 8.42 Å². The van der Waals surface area contributed by atoms with Crippen LogP contribution in [0.2, 0.25) is 0 Å². The molecule has 0 amide bonds. The van der Waals surface area contributed by atoms with E-state index >= 15 is 0 Å². The maximum atomic E-state index is 13.3. The fourth-order valence-corrected chi connectivity index (χ4v) is 4.64. The molecule has 0 N–H and O–H groups in total. The maximum absolute atomic E-state index is 13.3. The Morgan fingerprint density at radius 3 is 2.32 bits per heavy atom. The van der Waals surface area contributed by atoms with E-state index in [9.17, 15) is 21.6 Å². The fraction of sp³-hybridized carbons (Fsp3) is 0.294. The van der Waals surface area contributed by atoms with E-state index < -0.39 is 26.7 Å². The normalized spacial score (nSPS) is 16.4. The molecule has 1 heterocycles. The van der Waals surface area contributed by atoms with Gasteiger partial charge in [-0.05, 0) is 30.8 Å². The van der Waals surface area contributed by atoms with Gasteiger partial charge in [0.1, 0.15) is 0 Å². The van der Waals surface area contributed by atoms with E-state index in [4.69, 9.17) is 0 Å². The summed E-state index contributed by atoms with van der Waals surface area (Å²) in [5.74, 6) is 0. The van der Waals surface area contributed by atoms with E-state index in [1.165, 1.54) is 12.1 Å². The van der Waals surface area contributed by atoms with E-state index in [-0.39, 0.29) is 6.54 Å². The van der Waals surface area contributed by atoms with E-state index in [0.717, 1.165) is 22.0 Å². The Morgan fingerprint density at radius 2 is 1.60 bits per heavy atom. The van der Waals surface area contributed by atoms with Crippen molar-refractivity contribution in [1.29, 1.82) is 0 Å². The summed E-state index contributed by atoms with van der Waals surface area (Å²) < 4.78 is 67.1. The summed E-state index contributed by atoms with van der Waals surface area (Å²) in [6.45, 7) is 1.03. The van der Waals surface area contributed by atoms with E-state index in [1.807, 2.05) is 11.9 Å². The van der Waals surface area contributed by atoms with Crippen molar-refractivity contribution < 1.29 is 21.6 Å². The Kier molecular flexibility index (Phi) is 4.51. The molecule has 3 rings (SSSR count). The van der Waals surface area contributed by atoms with E-state index in [1.54, 1.807) is 24.3 Å². The number of anilines is 1. The fourth-order valence-electron chi connectivity index (χ4n) is 2.93. The number of likely N-dealkylation sites (N-methyl/N-ethyl adjacent to an activating group) is 1. The standard InChI is InChI=1S/C17H17F3N2O2S/c1-21-10-11-22(15-8-4-2-6-13(15)12-21)25(23,24)16-9-5-3-7-14(16)17(18,19)20/h2-9H,10-12H2,1H3. The number of alkyl halides is 3. The van der Waals surface area contributed by atoms with Gasteiger partial charge in [-0.1, -0.05) is 30.3 Å². The second-order valence-corrected chi connectivity index (χ2v) is 7.77. The first-order valence-corrected chi connectivity index (χ1v) is 9.10. The molecule has 0 saturated carbocycles. The average Bonchev–Trinajstić information content (AvgIpc) is 2.72. The molecule has 0 spiro atoms. The van der Waals surface area contributed by atoms with Crippen LogP contribution in [0.4, 0.5) is 18.9 Å². The summed E-state index contributed by atoms with van der Waals surface area (Å²) >= 11 is 0. The number of halogens is 3. The Hall–Kier alpha value is -2.06. The van der Waals surface area contributed by atoms with E-state index in [0.29, 0.717) is 18.8 Å². The van der Waals surface area contributed by atoms with Gasteiger partial charge in [0.25, 0.3) is 10.0 Å². The number of para-hydroxylation sites is 1. The summed E-state index contributed by atoms with van der Waals surface area (Å²) in [6.07, 6.45) is -4.74. The lowest BCUT2D eigenvalue weighted by Gasteiger charge is -2.26. The van der Waals surface area contributed by atoms with Crippen LogP contribution in [0, 0.1) is 0 Å². The minimum Gasteiger partial charge on any atom is -0.300 e. The molecule has 4 nitrogen and oxygen atoms in total. The van der Waals surface area contributed by atoms with Crippen LogP contribution in [-0.4, -0.2) is 33.5 Å². The third-order valence-electron chi connectivity index (χ3n) is 4.15. The van der Waals surface area contributed by atoms with Crippen LogP contribution < -0.4 is 4.31 Å². The minimum atomic E-state index is -4.74. The Balaban J connectivity index is 2.16. The second-order valence-electron chi connectivity index (χ2n) is 5.94. The van der Waals surface area contributed by atoms with Gasteiger partial charge in [0, 0.05) is 19.6 Å². The highest BCUT2D eigenvalue weighted by molar-refractivity contribution is 7.92. The monoisotopic (exact) mass is 370 g/mol. The third-order valence-corrected chi connectivity index (χ3v) is 6.02. The molecule has 1 aliphatic rings. The largest absolute Gasteiger partial charge is 0.417 e. The number of rotatable bonds is 2. The van der Waals surface area contributed by atoms with Crippen molar-refractivity contribution >= 4 is 15.7 Å². The molecular weight excluding hydrogens is 353 g/mol. The lowest BCUT2D eigenvalue weighted by atomic mass is 10.2. The highest BCUT2D eigenvalue weighted by atomic mass is 32.2. The van der Waals surface area contributed by atoms with Crippen LogP contribution in [0.15, 0.2) is 53.4 Å². The first-order valence-electron chi connectivity index (χ1n) is 7.66. The number of hydrogen-bond acceptors (Lipinski definition) is 3. The van der Waals surface area contributed by atoms with Gasteiger partial charge in [-0.3, -0.25) is 4.31 Å². The van der Waals surface area contributed by atoms with Crippen molar-refractivity contribution in [3.8, 4) is 0 Å². The van der Waals surface area contributed by atoms with Gasteiger partial charge in [0.2, 0.25) is 0 Å². The van der Waals surface area contributed by atoms with Crippen LogP contribution in [0.25, 0.3) is 0 Å². The Morgan fingerprint density at radius 1 is 0.960 bits per heavy atom. The quantitative estimate of drug-likeness (QED) is 0.814. The number of hydrogen-bond donors (Lipinski definition) is 0. The Bertz CT molecular complexity index is 881. The van der Waals surface area contributed by atoms with Crippen LogP contribution in [0.1, 0.15) is 11.1 Å². The lowest BCUT2D eigenvalue weighted by Crippen LogP contribution is -2.36. The predicted octanol–water partition coefficient (Wildman–Crippen LogP) is 3.35. The molecule has 2 aromatic carbocycles. The van der Waals surface area contributed by atoms with Crippen LogP contribution in [0.3, 0.4) is 0 Å². The number of benzene rings is 2. The first-order chi connectivity index (χ1) is 11.7. The number of sulfonamides is 1. The number of fused-ring (bicyclic) bond motifs is 1. The minimum absolute atomic E-state index is 0.0854. The van der Waals surface area contributed by atoms with E-state index in [2.05, 4.69) is 0 Å². The van der Waals surface area contributed by atoms with Crippen molar-refractivity contribution in [3.63, 3.8) is 0 Å². The number of nitrogens with zero attached hydrogens (tertiary/aromatic N) is 2. The van der Waals surface area contributed by atoms with Crippen molar-refractivity contribution in [2.24, 2.45) is 0 Å². The smallest absolute Gasteiger partial charge is 0.300 e. The highest BCUT2D eigenvalue weighted by Crippen LogP contribution is 2.37. The molecule has 25 heavy (non-hydrogen) atoms. The van der Waals surface area contributed by atoms with Crippen LogP contribution in [0.5, 0.6) is 0 Å². The zero-order chi connectivity index (χ0) is 18.2. The summed E-state index contributed by atoms with van der Waals surface area (Å²) in [6, 6.07) is 11.2. The highest BCUT2D eigenvalue weighted by Gasteiger charge is 2.39. The molecule has 1 aliphatic heterocycles. The predicted molar refractivity (Wildman–Crippen MR) is 88.8 cm³/mol. The first kappa shape index (κ1) is 17.8. The van der Waals surface area contributed by atoms with Gasteiger partial charge in [-0.2, -0.15) is 13.2 Å². The zero-order valence-electron chi connectivity index (χ0n) is 13.5. The van der Waals surface area contributed by atoms with Crippen molar-refractivity contribution in [2.75, 3.05) is 24.4 Å². The molecule has 2 aromatic rings. The molecule has 0 atom stereocenters. The van der Waals surface area contributed by atoms with Crippen molar-refractivity contribution in [2.45, 2.75) is 17.6 Å². The summed E-state index contributed by atoms with van der Waals surface area (Å²) in [5, 5.41) is 0. The van der Waals surface area contributed by atoms with Gasteiger partial charge in [0.15, 0.2) is 0 Å². The summed E-state index contributed by atoms with van der Waals surface area (Å²) in [4.78, 5) is 1.21. The molecule has 8 heteroatoms. The molecule has 0 radical (unpaired) electrons. The topological polar surface area (TPSA) is 40.6 Å². The lowest BCUT2D eigenvalue weighted by molar-refractivity contribution is -0.139. The molecule has 134 valence electrons. The third kappa shape index (κ3) is 3.36. The molecule has 0 aromatic heterocycles. The van der Waals surface area contributed by atoms with Crippen molar-refractivity contribution in [1.82, 2.24) is 4.90 Å². The zero-order valence-corrected chi connectivity index (χ0v) is 14.3. The second kappa shape index (κ2) is 6.34. The Labute approximate surface area is 144 Å². The van der Waals surface area contributed by atoms with Gasteiger partial charge < -0.3 is 4.90 Å². The molecule has 0 aliphatic carbocycles. The molecule has 0 fully saturated rings. The van der Waals surface area contributed by atoms with Crippen molar-refractivity contribution in [3.05, 3.63) is 59.7 Å². The van der Waals surface area contributed by atoms with Crippen LogP contribution >= 0.6 is 0 Å². The summed E-state index contributed by atoms with van der Waals surface area (Å²) in [7, 11) is -2.51. The molecule has 0 bridgehead atoms.